The Morgan fingerprint density at radius 3 is 2.27 bits per heavy atom. The molecule has 0 saturated heterocycles. The number of hydrogen-bond acceptors (Lipinski definition) is 6. The van der Waals surface area contributed by atoms with Crippen molar-refractivity contribution < 1.29 is 28.5 Å². The molecule has 7 nitrogen and oxygen atoms in total. The van der Waals surface area contributed by atoms with E-state index in [-0.39, 0.29) is 6.61 Å². The van der Waals surface area contributed by atoms with Crippen LogP contribution in [0.15, 0.2) is 42.5 Å². The zero-order chi connectivity index (χ0) is 18.9. The molecule has 0 aliphatic carbocycles. The van der Waals surface area contributed by atoms with Gasteiger partial charge in [0.2, 0.25) is 0 Å². The molecule has 2 rings (SSSR count). The van der Waals surface area contributed by atoms with Crippen molar-refractivity contribution in [1.29, 1.82) is 0 Å². The number of methoxy groups -OCH3 is 2. The maximum Gasteiger partial charge on any atom is 0.344 e. The number of hydrogen-bond donors (Lipinski definition) is 1. The predicted octanol–water partition coefficient (Wildman–Crippen LogP) is 2.57. The average molecular weight is 359 g/mol. The highest BCUT2D eigenvalue weighted by molar-refractivity contribution is 5.93. The number of esters is 1. The highest BCUT2D eigenvalue weighted by Crippen LogP contribution is 2.29. The Morgan fingerprint density at radius 2 is 1.62 bits per heavy atom. The van der Waals surface area contributed by atoms with Gasteiger partial charge in [0.1, 0.15) is 5.75 Å². The van der Waals surface area contributed by atoms with Crippen LogP contribution in [0.4, 0.5) is 5.69 Å². The summed E-state index contributed by atoms with van der Waals surface area (Å²) in [5.41, 5.74) is 1.59. The fraction of sp³-hybridized carbons (Fsp3) is 0.263. The molecule has 0 fully saturated rings. The standard InChI is InChI=1S/C19H21NO6/c1-13-4-7-15(8-5-13)25-12-19(22)26-11-18(21)20-14-6-9-16(23-2)17(10-14)24-3/h4-10H,11-12H2,1-3H3,(H,20,21). The summed E-state index contributed by atoms with van der Waals surface area (Å²) in [5.74, 6) is 0.482. The first kappa shape index (κ1) is 19.1. The first-order valence-electron chi connectivity index (χ1n) is 7.89. The molecule has 0 aliphatic rings. The Labute approximate surface area is 151 Å². The van der Waals surface area contributed by atoms with Gasteiger partial charge in [0.25, 0.3) is 5.91 Å². The summed E-state index contributed by atoms with van der Waals surface area (Å²) in [6, 6.07) is 12.2. The van der Waals surface area contributed by atoms with E-state index < -0.39 is 18.5 Å². The van der Waals surface area contributed by atoms with Gasteiger partial charge in [-0.1, -0.05) is 17.7 Å². The Morgan fingerprint density at radius 1 is 0.923 bits per heavy atom. The van der Waals surface area contributed by atoms with Crippen LogP contribution < -0.4 is 19.5 Å². The Bertz CT molecular complexity index is 757. The van der Waals surface area contributed by atoms with E-state index >= 15 is 0 Å². The molecule has 1 N–H and O–H groups in total. The number of benzene rings is 2. The third-order valence-electron chi connectivity index (χ3n) is 3.41. The van der Waals surface area contributed by atoms with Gasteiger partial charge in [-0.2, -0.15) is 0 Å². The molecule has 0 bridgehead atoms. The van der Waals surface area contributed by atoms with E-state index in [0.29, 0.717) is 22.9 Å². The summed E-state index contributed by atoms with van der Waals surface area (Å²) in [6.45, 7) is 1.27. The average Bonchev–Trinajstić information content (AvgIpc) is 2.65. The molecule has 1 amide bonds. The van der Waals surface area contributed by atoms with Crippen molar-refractivity contribution in [3.8, 4) is 17.2 Å². The van der Waals surface area contributed by atoms with Gasteiger partial charge in [-0.05, 0) is 31.2 Å². The second-order valence-electron chi connectivity index (χ2n) is 5.38. The van der Waals surface area contributed by atoms with E-state index in [4.69, 9.17) is 18.9 Å². The van der Waals surface area contributed by atoms with Crippen LogP contribution in [-0.4, -0.2) is 39.3 Å². The normalized spacial score (nSPS) is 9.96. The number of aryl methyl sites for hydroxylation is 1. The van der Waals surface area contributed by atoms with E-state index in [1.807, 2.05) is 19.1 Å². The van der Waals surface area contributed by atoms with Crippen molar-refractivity contribution >= 4 is 17.6 Å². The highest BCUT2D eigenvalue weighted by Gasteiger charge is 2.11. The summed E-state index contributed by atoms with van der Waals surface area (Å²) in [7, 11) is 3.02. The van der Waals surface area contributed by atoms with Crippen LogP contribution >= 0.6 is 0 Å². The summed E-state index contributed by atoms with van der Waals surface area (Å²) < 4.78 is 20.5. The monoisotopic (exact) mass is 359 g/mol. The van der Waals surface area contributed by atoms with Gasteiger partial charge in [0, 0.05) is 11.8 Å². The topological polar surface area (TPSA) is 83.1 Å². The lowest BCUT2D eigenvalue weighted by Gasteiger charge is -2.11. The van der Waals surface area contributed by atoms with E-state index in [9.17, 15) is 9.59 Å². The number of rotatable bonds is 8. The van der Waals surface area contributed by atoms with Crippen molar-refractivity contribution in [3.05, 3.63) is 48.0 Å². The van der Waals surface area contributed by atoms with Crippen molar-refractivity contribution in [1.82, 2.24) is 0 Å². The number of amides is 1. The lowest BCUT2D eigenvalue weighted by molar-refractivity contribution is -0.149. The summed E-state index contributed by atoms with van der Waals surface area (Å²) in [5, 5.41) is 2.61. The van der Waals surface area contributed by atoms with Gasteiger partial charge in [-0.15, -0.1) is 0 Å². The molecule has 26 heavy (non-hydrogen) atoms. The molecular weight excluding hydrogens is 338 g/mol. The van der Waals surface area contributed by atoms with Gasteiger partial charge in [0.15, 0.2) is 24.7 Å². The molecule has 2 aromatic rings. The van der Waals surface area contributed by atoms with Crippen molar-refractivity contribution in [2.24, 2.45) is 0 Å². The minimum absolute atomic E-state index is 0.271. The Kier molecular flexibility index (Phi) is 6.84. The minimum Gasteiger partial charge on any atom is -0.493 e. The van der Waals surface area contributed by atoms with Crippen LogP contribution in [0.2, 0.25) is 0 Å². The number of nitrogens with one attached hydrogen (secondary N) is 1. The number of carbonyl (C=O) groups excluding carboxylic acids is 2. The maximum atomic E-state index is 11.9. The van der Waals surface area contributed by atoms with Crippen molar-refractivity contribution in [2.75, 3.05) is 32.8 Å². The summed E-state index contributed by atoms with van der Waals surface area (Å²) in [4.78, 5) is 23.5. The zero-order valence-corrected chi connectivity index (χ0v) is 14.9. The SMILES string of the molecule is COc1ccc(NC(=O)COC(=O)COc2ccc(C)cc2)cc1OC. The Balaban J connectivity index is 1.77. The third kappa shape index (κ3) is 5.70. The largest absolute Gasteiger partial charge is 0.493 e. The maximum absolute atomic E-state index is 11.9. The van der Waals surface area contributed by atoms with Gasteiger partial charge in [-0.25, -0.2) is 4.79 Å². The molecule has 0 saturated carbocycles. The van der Waals surface area contributed by atoms with Gasteiger partial charge < -0.3 is 24.3 Å². The van der Waals surface area contributed by atoms with Crippen LogP contribution in [0.3, 0.4) is 0 Å². The smallest absolute Gasteiger partial charge is 0.344 e. The number of ether oxygens (including phenoxy) is 4. The third-order valence-corrected chi connectivity index (χ3v) is 3.41. The lowest BCUT2D eigenvalue weighted by atomic mass is 10.2. The molecule has 0 heterocycles. The Hall–Kier alpha value is -3.22. The molecule has 2 aromatic carbocycles. The minimum atomic E-state index is -0.631. The van der Waals surface area contributed by atoms with E-state index in [1.165, 1.54) is 14.2 Å². The summed E-state index contributed by atoms with van der Waals surface area (Å²) in [6.07, 6.45) is 0. The summed E-state index contributed by atoms with van der Waals surface area (Å²) >= 11 is 0. The van der Waals surface area contributed by atoms with E-state index in [0.717, 1.165) is 5.56 Å². The number of anilines is 1. The van der Waals surface area contributed by atoms with Gasteiger partial charge >= 0.3 is 5.97 Å². The highest BCUT2D eigenvalue weighted by atomic mass is 16.6. The molecule has 0 aromatic heterocycles. The second kappa shape index (κ2) is 9.31. The predicted molar refractivity (Wildman–Crippen MR) is 95.8 cm³/mol. The van der Waals surface area contributed by atoms with Gasteiger partial charge in [0.05, 0.1) is 14.2 Å². The molecule has 0 spiro atoms. The van der Waals surface area contributed by atoms with Gasteiger partial charge in [-0.3, -0.25) is 4.79 Å². The van der Waals surface area contributed by atoms with Crippen LogP contribution in [0.5, 0.6) is 17.2 Å². The fourth-order valence-corrected chi connectivity index (χ4v) is 2.08. The van der Waals surface area contributed by atoms with Crippen molar-refractivity contribution in [3.63, 3.8) is 0 Å². The quantitative estimate of drug-likeness (QED) is 0.730. The van der Waals surface area contributed by atoms with Crippen LogP contribution in [0.25, 0.3) is 0 Å². The molecule has 0 atom stereocenters. The number of carbonyl (C=O) groups is 2. The van der Waals surface area contributed by atoms with Crippen LogP contribution in [0.1, 0.15) is 5.56 Å². The first-order valence-corrected chi connectivity index (χ1v) is 7.89. The first-order chi connectivity index (χ1) is 12.5. The molecule has 0 radical (unpaired) electrons. The molecule has 0 aliphatic heterocycles. The van der Waals surface area contributed by atoms with Crippen molar-refractivity contribution in [2.45, 2.75) is 6.92 Å². The second-order valence-corrected chi connectivity index (χ2v) is 5.38. The van der Waals surface area contributed by atoms with Crippen LogP contribution in [-0.2, 0) is 14.3 Å². The molecular formula is C19H21NO6. The lowest BCUT2D eigenvalue weighted by Crippen LogP contribution is -2.23. The van der Waals surface area contributed by atoms with Crippen LogP contribution in [0, 0.1) is 6.92 Å². The zero-order valence-electron chi connectivity index (χ0n) is 14.9. The molecule has 0 unspecified atom stereocenters. The fourth-order valence-electron chi connectivity index (χ4n) is 2.08. The van der Waals surface area contributed by atoms with E-state index in [2.05, 4.69) is 5.32 Å². The molecule has 138 valence electrons. The molecule has 7 heteroatoms. The van der Waals surface area contributed by atoms with E-state index in [1.54, 1.807) is 30.3 Å².